The maximum atomic E-state index is 12.5. The molecule has 0 aliphatic heterocycles. The minimum absolute atomic E-state index is 0.214. The first-order chi connectivity index (χ1) is 10.6. The standard InChI is InChI=1S/C17H15N3O2/c1-19-16(21)13-6-4-8-15(10-13)20(2)17(22)14-7-3-5-12(9-14)11-18/h3-10H,1-2H3,(H,19,21). The highest BCUT2D eigenvalue weighted by Gasteiger charge is 2.15. The van der Waals surface area contributed by atoms with Crippen LogP contribution in [-0.2, 0) is 0 Å². The van der Waals surface area contributed by atoms with Crippen LogP contribution in [0.4, 0.5) is 5.69 Å². The molecule has 0 saturated carbocycles. The van der Waals surface area contributed by atoms with Crippen LogP contribution in [0.5, 0.6) is 0 Å². The third-order valence-corrected chi connectivity index (χ3v) is 3.27. The monoisotopic (exact) mass is 293 g/mol. The largest absolute Gasteiger partial charge is 0.355 e. The summed E-state index contributed by atoms with van der Waals surface area (Å²) in [5.41, 5.74) is 1.93. The van der Waals surface area contributed by atoms with Crippen molar-refractivity contribution in [1.82, 2.24) is 5.32 Å². The maximum absolute atomic E-state index is 12.5. The van der Waals surface area contributed by atoms with E-state index < -0.39 is 0 Å². The molecule has 0 spiro atoms. The molecule has 5 heteroatoms. The molecule has 2 amide bonds. The van der Waals surface area contributed by atoms with E-state index in [4.69, 9.17) is 5.26 Å². The van der Waals surface area contributed by atoms with Crippen molar-refractivity contribution >= 4 is 17.5 Å². The van der Waals surface area contributed by atoms with Gasteiger partial charge in [0.2, 0.25) is 0 Å². The van der Waals surface area contributed by atoms with Gasteiger partial charge >= 0.3 is 0 Å². The van der Waals surface area contributed by atoms with Crippen molar-refractivity contribution in [3.63, 3.8) is 0 Å². The molecule has 0 aromatic heterocycles. The molecule has 0 unspecified atom stereocenters. The molecule has 0 radical (unpaired) electrons. The third-order valence-electron chi connectivity index (χ3n) is 3.27. The second-order valence-electron chi connectivity index (χ2n) is 4.69. The predicted octanol–water partition coefficient (Wildman–Crippen LogP) is 2.19. The van der Waals surface area contributed by atoms with Gasteiger partial charge in [0.15, 0.2) is 0 Å². The van der Waals surface area contributed by atoms with E-state index in [1.165, 1.54) is 4.90 Å². The first-order valence-corrected chi connectivity index (χ1v) is 6.67. The molecule has 0 atom stereocenters. The van der Waals surface area contributed by atoms with Gasteiger partial charge in [-0.3, -0.25) is 9.59 Å². The minimum Gasteiger partial charge on any atom is -0.355 e. The molecular weight excluding hydrogens is 278 g/mol. The zero-order chi connectivity index (χ0) is 16.1. The molecule has 0 fully saturated rings. The second-order valence-corrected chi connectivity index (χ2v) is 4.69. The second kappa shape index (κ2) is 6.55. The Balaban J connectivity index is 2.31. The van der Waals surface area contributed by atoms with E-state index >= 15 is 0 Å². The van der Waals surface area contributed by atoms with Crippen molar-refractivity contribution in [3.05, 3.63) is 65.2 Å². The molecule has 2 rings (SSSR count). The lowest BCUT2D eigenvalue weighted by Gasteiger charge is -2.18. The Morgan fingerprint density at radius 3 is 2.45 bits per heavy atom. The molecule has 0 saturated heterocycles. The van der Waals surface area contributed by atoms with Crippen LogP contribution < -0.4 is 10.2 Å². The van der Waals surface area contributed by atoms with Crippen LogP contribution in [0.3, 0.4) is 0 Å². The average molecular weight is 293 g/mol. The quantitative estimate of drug-likeness (QED) is 0.942. The number of nitrogens with one attached hydrogen (secondary N) is 1. The topological polar surface area (TPSA) is 73.2 Å². The lowest BCUT2D eigenvalue weighted by atomic mass is 10.1. The molecule has 0 heterocycles. The Bertz CT molecular complexity index is 762. The Kier molecular flexibility index (Phi) is 4.54. The van der Waals surface area contributed by atoms with Gasteiger partial charge in [-0.2, -0.15) is 5.26 Å². The fourth-order valence-corrected chi connectivity index (χ4v) is 2.03. The van der Waals surface area contributed by atoms with Gasteiger partial charge < -0.3 is 10.2 Å². The number of carbonyl (C=O) groups excluding carboxylic acids is 2. The van der Waals surface area contributed by atoms with Crippen molar-refractivity contribution in [1.29, 1.82) is 5.26 Å². The molecule has 1 N–H and O–H groups in total. The Morgan fingerprint density at radius 1 is 1.09 bits per heavy atom. The van der Waals surface area contributed by atoms with Gasteiger partial charge in [0.1, 0.15) is 0 Å². The average Bonchev–Trinajstić information content (AvgIpc) is 2.59. The van der Waals surface area contributed by atoms with Crippen LogP contribution in [0.25, 0.3) is 0 Å². The Hall–Kier alpha value is -3.13. The highest BCUT2D eigenvalue weighted by atomic mass is 16.2. The number of carbonyl (C=O) groups is 2. The van der Waals surface area contributed by atoms with E-state index in [9.17, 15) is 9.59 Å². The lowest BCUT2D eigenvalue weighted by molar-refractivity contribution is 0.0959. The molecule has 2 aromatic carbocycles. The van der Waals surface area contributed by atoms with E-state index in [0.717, 1.165) is 0 Å². The van der Waals surface area contributed by atoms with Gasteiger partial charge in [0.25, 0.3) is 11.8 Å². The summed E-state index contributed by atoms with van der Waals surface area (Å²) in [6, 6.07) is 15.3. The number of amides is 2. The molecule has 110 valence electrons. The first-order valence-electron chi connectivity index (χ1n) is 6.67. The highest BCUT2D eigenvalue weighted by molar-refractivity contribution is 6.06. The highest BCUT2D eigenvalue weighted by Crippen LogP contribution is 2.18. The number of nitriles is 1. The maximum Gasteiger partial charge on any atom is 0.258 e. The summed E-state index contributed by atoms with van der Waals surface area (Å²) >= 11 is 0. The van der Waals surface area contributed by atoms with Gasteiger partial charge in [0, 0.05) is 30.9 Å². The molecular formula is C17H15N3O2. The Morgan fingerprint density at radius 2 is 1.77 bits per heavy atom. The van der Waals surface area contributed by atoms with Crippen LogP contribution in [0.1, 0.15) is 26.3 Å². The van der Waals surface area contributed by atoms with E-state index in [1.807, 2.05) is 6.07 Å². The predicted molar refractivity (Wildman–Crippen MR) is 83.7 cm³/mol. The van der Waals surface area contributed by atoms with Crippen LogP contribution in [0, 0.1) is 11.3 Å². The van der Waals surface area contributed by atoms with Crippen molar-refractivity contribution in [2.24, 2.45) is 0 Å². The van der Waals surface area contributed by atoms with Crippen LogP contribution in [-0.4, -0.2) is 25.9 Å². The third kappa shape index (κ3) is 3.13. The SMILES string of the molecule is CNC(=O)c1cccc(N(C)C(=O)c2cccc(C#N)c2)c1. The summed E-state index contributed by atoms with van der Waals surface area (Å²) in [6.45, 7) is 0. The van der Waals surface area contributed by atoms with Gasteiger partial charge in [-0.1, -0.05) is 12.1 Å². The minimum atomic E-state index is -0.244. The lowest BCUT2D eigenvalue weighted by Crippen LogP contribution is -2.27. The number of rotatable bonds is 3. The molecule has 5 nitrogen and oxygen atoms in total. The van der Waals surface area contributed by atoms with E-state index in [0.29, 0.717) is 22.4 Å². The van der Waals surface area contributed by atoms with Crippen LogP contribution in [0.15, 0.2) is 48.5 Å². The summed E-state index contributed by atoms with van der Waals surface area (Å²) in [4.78, 5) is 25.6. The van der Waals surface area contributed by atoms with E-state index in [-0.39, 0.29) is 11.8 Å². The number of hydrogen-bond donors (Lipinski definition) is 1. The van der Waals surface area contributed by atoms with Crippen molar-refractivity contribution in [2.75, 3.05) is 19.0 Å². The number of anilines is 1. The van der Waals surface area contributed by atoms with E-state index in [1.54, 1.807) is 62.6 Å². The summed E-state index contributed by atoms with van der Waals surface area (Å²) < 4.78 is 0. The summed E-state index contributed by atoms with van der Waals surface area (Å²) in [5, 5.41) is 11.4. The zero-order valence-electron chi connectivity index (χ0n) is 12.3. The zero-order valence-corrected chi connectivity index (χ0v) is 12.3. The van der Waals surface area contributed by atoms with Gasteiger partial charge in [-0.05, 0) is 36.4 Å². The van der Waals surface area contributed by atoms with Gasteiger partial charge in [-0.15, -0.1) is 0 Å². The van der Waals surface area contributed by atoms with Crippen LogP contribution in [0.2, 0.25) is 0 Å². The fraction of sp³-hybridized carbons (Fsp3) is 0.118. The summed E-state index contributed by atoms with van der Waals surface area (Å²) in [7, 11) is 3.18. The number of nitrogens with zero attached hydrogens (tertiary/aromatic N) is 2. The molecule has 0 aliphatic rings. The summed E-state index contributed by atoms with van der Waals surface area (Å²) in [6.07, 6.45) is 0. The molecule has 2 aromatic rings. The van der Waals surface area contributed by atoms with Gasteiger partial charge in [-0.25, -0.2) is 0 Å². The number of hydrogen-bond acceptors (Lipinski definition) is 3. The first kappa shape index (κ1) is 15.3. The smallest absolute Gasteiger partial charge is 0.258 e. The normalized spacial score (nSPS) is 9.68. The molecule has 22 heavy (non-hydrogen) atoms. The fourth-order valence-electron chi connectivity index (χ4n) is 2.03. The van der Waals surface area contributed by atoms with Gasteiger partial charge in [0.05, 0.1) is 11.6 Å². The molecule has 0 bridgehead atoms. The summed E-state index contributed by atoms with van der Waals surface area (Å²) in [5.74, 6) is -0.458. The van der Waals surface area contributed by atoms with Crippen molar-refractivity contribution in [2.45, 2.75) is 0 Å². The van der Waals surface area contributed by atoms with E-state index in [2.05, 4.69) is 5.32 Å². The van der Waals surface area contributed by atoms with Crippen molar-refractivity contribution < 1.29 is 9.59 Å². The number of benzene rings is 2. The Labute approximate surface area is 128 Å². The molecule has 0 aliphatic carbocycles. The van der Waals surface area contributed by atoms with Crippen molar-refractivity contribution in [3.8, 4) is 6.07 Å². The van der Waals surface area contributed by atoms with Crippen LogP contribution >= 0.6 is 0 Å².